The third-order valence-corrected chi connectivity index (χ3v) is 4.37. The summed E-state index contributed by atoms with van der Waals surface area (Å²) in [7, 11) is 1.60. The van der Waals surface area contributed by atoms with Crippen LogP contribution in [0.3, 0.4) is 0 Å². The van der Waals surface area contributed by atoms with E-state index in [1.807, 2.05) is 36.4 Å². The van der Waals surface area contributed by atoms with Crippen molar-refractivity contribution in [1.82, 2.24) is 0 Å². The van der Waals surface area contributed by atoms with E-state index in [1.54, 1.807) is 25.5 Å². The number of hydrazone groups is 1. The molecule has 0 bridgehead atoms. The van der Waals surface area contributed by atoms with Crippen LogP contribution in [-0.2, 0) is 6.61 Å². The first kappa shape index (κ1) is 19.9. The summed E-state index contributed by atoms with van der Waals surface area (Å²) < 4.78 is 11.4. The number of carboxylic acid groups (broad SMARTS) is 1. The molecule has 29 heavy (non-hydrogen) atoms. The third-order valence-electron chi connectivity index (χ3n) is 4.37. The zero-order chi connectivity index (χ0) is 20.6. The van der Waals surface area contributed by atoms with Gasteiger partial charge in [-0.05, 0) is 66.1 Å². The minimum Gasteiger partial charge on any atom is -0.493 e. The molecule has 3 aromatic carbocycles. The number of methoxy groups -OCH3 is 1. The lowest BCUT2D eigenvalue weighted by atomic mass is 10.1. The van der Waals surface area contributed by atoms with Crippen LogP contribution in [0.25, 0.3) is 0 Å². The first-order valence-corrected chi connectivity index (χ1v) is 9.04. The number of nitrogens with zero attached hydrogens (tertiary/aromatic N) is 1. The molecular weight excluding hydrogens is 368 g/mol. The fourth-order valence-corrected chi connectivity index (χ4v) is 2.68. The van der Waals surface area contributed by atoms with E-state index < -0.39 is 5.97 Å². The average Bonchev–Trinajstić information content (AvgIpc) is 2.74. The molecule has 0 aliphatic carbocycles. The van der Waals surface area contributed by atoms with Gasteiger partial charge >= 0.3 is 5.97 Å². The molecule has 0 spiro atoms. The Morgan fingerprint density at radius 2 is 1.83 bits per heavy atom. The molecular formula is C23H22N2O4. The van der Waals surface area contributed by atoms with E-state index in [4.69, 9.17) is 14.6 Å². The van der Waals surface area contributed by atoms with Crippen LogP contribution in [0.5, 0.6) is 11.5 Å². The average molecular weight is 390 g/mol. The van der Waals surface area contributed by atoms with Gasteiger partial charge in [0.15, 0.2) is 11.5 Å². The predicted molar refractivity (Wildman–Crippen MR) is 113 cm³/mol. The second-order valence-electron chi connectivity index (χ2n) is 6.38. The molecule has 2 N–H and O–H groups in total. The van der Waals surface area contributed by atoms with E-state index >= 15 is 0 Å². The third kappa shape index (κ3) is 5.35. The second-order valence-corrected chi connectivity index (χ2v) is 6.38. The second kappa shape index (κ2) is 9.41. The monoisotopic (exact) mass is 390 g/mol. The Labute approximate surface area is 169 Å². The summed E-state index contributed by atoms with van der Waals surface area (Å²) in [6, 6.07) is 20.0. The summed E-state index contributed by atoms with van der Waals surface area (Å²) in [4.78, 5) is 10.9. The van der Waals surface area contributed by atoms with E-state index in [9.17, 15) is 4.79 Å². The van der Waals surface area contributed by atoms with Gasteiger partial charge in [0.2, 0.25) is 0 Å². The van der Waals surface area contributed by atoms with Gasteiger partial charge in [0.05, 0.1) is 24.6 Å². The maximum Gasteiger partial charge on any atom is 0.335 e. The number of hydrogen-bond donors (Lipinski definition) is 2. The lowest BCUT2D eigenvalue weighted by Gasteiger charge is -2.12. The molecule has 0 unspecified atom stereocenters. The van der Waals surface area contributed by atoms with Gasteiger partial charge in [-0.3, -0.25) is 5.43 Å². The number of carbonyl (C=O) groups is 1. The summed E-state index contributed by atoms with van der Waals surface area (Å²) >= 11 is 0. The molecule has 0 aromatic heterocycles. The zero-order valence-electron chi connectivity index (χ0n) is 16.3. The standard InChI is InChI=1S/C23H22N2O4/c1-16-5-3-4-6-19(16)15-29-21-12-7-17(13-22(21)28-2)14-24-25-20-10-8-18(9-11-20)23(26)27/h3-14,25H,15H2,1-2H3,(H,26,27)/b24-14-. The number of hydrogen-bond acceptors (Lipinski definition) is 5. The molecule has 0 heterocycles. The van der Waals surface area contributed by atoms with E-state index in [-0.39, 0.29) is 5.56 Å². The molecule has 0 amide bonds. The lowest BCUT2D eigenvalue weighted by Crippen LogP contribution is -2.00. The molecule has 0 aliphatic rings. The quantitative estimate of drug-likeness (QED) is 0.429. The number of aromatic carboxylic acids is 1. The minimum atomic E-state index is -0.961. The molecule has 0 saturated carbocycles. The highest BCUT2D eigenvalue weighted by Crippen LogP contribution is 2.28. The minimum absolute atomic E-state index is 0.227. The van der Waals surface area contributed by atoms with Gasteiger partial charge in [-0.15, -0.1) is 0 Å². The topological polar surface area (TPSA) is 80.2 Å². The number of rotatable bonds is 8. The zero-order valence-corrected chi connectivity index (χ0v) is 16.3. The smallest absolute Gasteiger partial charge is 0.335 e. The van der Waals surface area contributed by atoms with Crippen molar-refractivity contribution in [3.05, 3.63) is 89.0 Å². The van der Waals surface area contributed by atoms with Crippen LogP contribution in [0.1, 0.15) is 27.0 Å². The highest BCUT2D eigenvalue weighted by molar-refractivity contribution is 5.88. The van der Waals surface area contributed by atoms with E-state index in [0.29, 0.717) is 23.8 Å². The fourth-order valence-electron chi connectivity index (χ4n) is 2.68. The summed E-state index contributed by atoms with van der Waals surface area (Å²) in [5.74, 6) is 0.315. The Hall–Kier alpha value is -3.80. The van der Waals surface area contributed by atoms with Gasteiger partial charge in [0.25, 0.3) is 0 Å². The summed E-state index contributed by atoms with van der Waals surface area (Å²) in [6.45, 7) is 2.52. The van der Waals surface area contributed by atoms with Gasteiger partial charge in [-0.1, -0.05) is 24.3 Å². The predicted octanol–water partition coefficient (Wildman–Crippen LogP) is 4.73. The molecule has 148 valence electrons. The van der Waals surface area contributed by atoms with Gasteiger partial charge in [-0.2, -0.15) is 5.10 Å². The maximum absolute atomic E-state index is 10.9. The normalized spacial score (nSPS) is 10.7. The summed E-state index contributed by atoms with van der Waals surface area (Å²) in [5, 5.41) is 13.1. The van der Waals surface area contributed by atoms with E-state index in [1.165, 1.54) is 17.7 Å². The molecule has 3 rings (SSSR count). The van der Waals surface area contributed by atoms with Crippen molar-refractivity contribution in [2.24, 2.45) is 5.10 Å². The number of nitrogens with one attached hydrogen (secondary N) is 1. The SMILES string of the molecule is COc1cc(/C=N\Nc2ccc(C(=O)O)cc2)ccc1OCc1ccccc1C. The van der Waals surface area contributed by atoms with Crippen LogP contribution in [0.2, 0.25) is 0 Å². The van der Waals surface area contributed by atoms with Crippen LogP contribution in [0, 0.1) is 6.92 Å². The first-order chi connectivity index (χ1) is 14.1. The first-order valence-electron chi connectivity index (χ1n) is 9.04. The Kier molecular flexibility index (Phi) is 6.47. The van der Waals surface area contributed by atoms with Crippen molar-refractivity contribution in [3.63, 3.8) is 0 Å². The van der Waals surface area contributed by atoms with Crippen molar-refractivity contribution >= 4 is 17.9 Å². The highest BCUT2D eigenvalue weighted by atomic mass is 16.5. The Morgan fingerprint density at radius 1 is 1.07 bits per heavy atom. The van der Waals surface area contributed by atoms with Crippen LogP contribution >= 0.6 is 0 Å². The van der Waals surface area contributed by atoms with Crippen molar-refractivity contribution in [3.8, 4) is 11.5 Å². The van der Waals surface area contributed by atoms with Gasteiger partial charge in [0.1, 0.15) is 6.61 Å². The Morgan fingerprint density at radius 3 is 2.52 bits per heavy atom. The maximum atomic E-state index is 10.9. The number of ether oxygens (including phenoxy) is 2. The van der Waals surface area contributed by atoms with Crippen LogP contribution < -0.4 is 14.9 Å². The number of benzene rings is 3. The van der Waals surface area contributed by atoms with Crippen molar-refractivity contribution < 1.29 is 19.4 Å². The number of aryl methyl sites for hydroxylation is 1. The van der Waals surface area contributed by atoms with Gasteiger partial charge in [-0.25, -0.2) is 4.79 Å². The number of anilines is 1. The van der Waals surface area contributed by atoms with Crippen LogP contribution in [-0.4, -0.2) is 24.4 Å². The number of carboxylic acids is 1. The Balaban J connectivity index is 1.64. The largest absolute Gasteiger partial charge is 0.493 e. The van der Waals surface area contributed by atoms with Gasteiger partial charge < -0.3 is 14.6 Å². The van der Waals surface area contributed by atoms with E-state index in [2.05, 4.69) is 23.5 Å². The van der Waals surface area contributed by atoms with Crippen molar-refractivity contribution in [2.45, 2.75) is 13.5 Å². The molecule has 0 radical (unpaired) electrons. The van der Waals surface area contributed by atoms with Crippen LogP contribution in [0.4, 0.5) is 5.69 Å². The molecule has 6 heteroatoms. The van der Waals surface area contributed by atoms with Crippen molar-refractivity contribution in [1.29, 1.82) is 0 Å². The van der Waals surface area contributed by atoms with E-state index in [0.717, 1.165) is 11.1 Å². The molecule has 3 aromatic rings. The fraction of sp³-hybridized carbons (Fsp3) is 0.130. The lowest BCUT2D eigenvalue weighted by molar-refractivity contribution is 0.0697. The van der Waals surface area contributed by atoms with Crippen LogP contribution in [0.15, 0.2) is 71.8 Å². The Bertz CT molecular complexity index is 1010. The van der Waals surface area contributed by atoms with Crippen molar-refractivity contribution in [2.75, 3.05) is 12.5 Å². The van der Waals surface area contributed by atoms with Gasteiger partial charge in [0, 0.05) is 0 Å². The summed E-state index contributed by atoms with van der Waals surface area (Å²) in [6.07, 6.45) is 1.65. The molecule has 0 saturated heterocycles. The molecule has 6 nitrogen and oxygen atoms in total. The molecule has 0 fully saturated rings. The highest BCUT2D eigenvalue weighted by Gasteiger charge is 2.07. The molecule has 0 aliphatic heterocycles. The molecule has 0 atom stereocenters. The summed E-state index contributed by atoms with van der Waals surface area (Å²) in [5.41, 5.74) is 6.92.